The maximum absolute atomic E-state index is 13.3. The van der Waals surface area contributed by atoms with Crippen molar-refractivity contribution >= 4 is 17.4 Å². The summed E-state index contributed by atoms with van der Waals surface area (Å²) in [5, 5.41) is 0. The summed E-state index contributed by atoms with van der Waals surface area (Å²) in [6.07, 6.45) is 5.46. The first-order valence-electron chi connectivity index (χ1n) is 9.38. The average Bonchev–Trinajstić information content (AvgIpc) is 3.25. The number of imide groups is 1. The molecule has 0 atom stereocenters. The molecule has 3 heterocycles. The van der Waals surface area contributed by atoms with Gasteiger partial charge < -0.3 is 4.90 Å². The molecule has 0 bridgehead atoms. The molecule has 0 aliphatic carbocycles. The lowest BCUT2D eigenvalue weighted by atomic mass is 9.97. The maximum Gasteiger partial charge on any atom is 0.278 e. The lowest BCUT2D eigenvalue weighted by molar-refractivity contribution is -0.138. The molecular weight excluding hydrogens is 338 g/mol. The van der Waals surface area contributed by atoms with Gasteiger partial charge in [-0.25, -0.2) is 0 Å². The predicted molar refractivity (Wildman–Crippen MR) is 103 cm³/mol. The van der Waals surface area contributed by atoms with Gasteiger partial charge in [0.2, 0.25) is 0 Å². The zero-order valence-electron chi connectivity index (χ0n) is 15.7. The highest BCUT2D eigenvalue weighted by molar-refractivity contribution is 6.35. The molecule has 2 aliphatic heterocycles. The van der Waals surface area contributed by atoms with E-state index in [1.807, 2.05) is 38.1 Å². The number of amides is 2. The van der Waals surface area contributed by atoms with Crippen molar-refractivity contribution in [2.24, 2.45) is 0 Å². The van der Waals surface area contributed by atoms with Crippen LogP contribution in [0.3, 0.4) is 0 Å². The van der Waals surface area contributed by atoms with Crippen LogP contribution in [0, 0.1) is 13.8 Å². The molecule has 4 rings (SSSR count). The van der Waals surface area contributed by atoms with Gasteiger partial charge in [-0.1, -0.05) is 23.8 Å². The number of hydrogen-bond donors (Lipinski definition) is 0. The molecule has 0 radical (unpaired) electrons. The van der Waals surface area contributed by atoms with Gasteiger partial charge in [-0.05, 0) is 55.5 Å². The van der Waals surface area contributed by atoms with E-state index in [2.05, 4.69) is 16.0 Å². The normalized spacial score (nSPS) is 17.4. The summed E-state index contributed by atoms with van der Waals surface area (Å²) in [6, 6.07) is 9.71. The van der Waals surface area contributed by atoms with E-state index >= 15 is 0 Å². The third kappa shape index (κ3) is 3.14. The summed E-state index contributed by atoms with van der Waals surface area (Å²) < 4.78 is 0. The molecule has 5 nitrogen and oxygen atoms in total. The van der Waals surface area contributed by atoms with Gasteiger partial charge in [0.25, 0.3) is 11.8 Å². The van der Waals surface area contributed by atoms with Gasteiger partial charge in [0.15, 0.2) is 0 Å². The Balaban J connectivity index is 1.78. The number of aryl methyl sites for hydroxylation is 2. The van der Waals surface area contributed by atoms with Gasteiger partial charge in [0.1, 0.15) is 5.70 Å². The van der Waals surface area contributed by atoms with Crippen LogP contribution < -0.4 is 0 Å². The van der Waals surface area contributed by atoms with Gasteiger partial charge in [-0.15, -0.1) is 0 Å². The molecule has 1 saturated heterocycles. The molecule has 2 amide bonds. The second-order valence-corrected chi connectivity index (χ2v) is 7.29. The van der Waals surface area contributed by atoms with Crippen molar-refractivity contribution in [3.05, 3.63) is 70.7 Å². The van der Waals surface area contributed by atoms with Crippen LogP contribution in [0.25, 0.3) is 5.57 Å². The molecule has 1 fully saturated rings. The van der Waals surface area contributed by atoms with Crippen LogP contribution in [0.15, 0.2) is 48.4 Å². The molecule has 1 aromatic heterocycles. The Morgan fingerprint density at radius 1 is 0.963 bits per heavy atom. The number of rotatable bonds is 4. The van der Waals surface area contributed by atoms with E-state index in [0.717, 1.165) is 48.2 Å². The van der Waals surface area contributed by atoms with Crippen LogP contribution in [-0.2, 0) is 16.1 Å². The molecule has 0 unspecified atom stereocenters. The van der Waals surface area contributed by atoms with E-state index in [1.54, 1.807) is 12.4 Å². The number of nitrogens with zero attached hydrogens (tertiary/aromatic N) is 3. The minimum atomic E-state index is -0.203. The Morgan fingerprint density at radius 3 is 2.33 bits per heavy atom. The fourth-order valence-corrected chi connectivity index (χ4v) is 3.95. The van der Waals surface area contributed by atoms with Crippen LogP contribution >= 0.6 is 0 Å². The standard InChI is InChI=1S/C22H23N3O2/c1-15-5-6-18(16(2)13-15)19-20(24-11-3-4-12-24)22(27)25(21(19)26)14-17-7-9-23-10-8-17/h5-10,13H,3-4,11-12,14H2,1-2H3. The van der Waals surface area contributed by atoms with Crippen molar-refractivity contribution in [2.45, 2.75) is 33.2 Å². The Hall–Kier alpha value is -2.95. The summed E-state index contributed by atoms with van der Waals surface area (Å²) in [7, 11) is 0. The van der Waals surface area contributed by atoms with Crippen LogP contribution in [-0.4, -0.2) is 39.7 Å². The van der Waals surface area contributed by atoms with Crippen molar-refractivity contribution in [2.75, 3.05) is 13.1 Å². The molecule has 0 N–H and O–H groups in total. The second-order valence-electron chi connectivity index (χ2n) is 7.29. The van der Waals surface area contributed by atoms with E-state index in [1.165, 1.54) is 4.90 Å². The zero-order valence-corrected chi connectivity index (χ0v) is 15.7. The quantitative estimate of drug-likeness (QED) is 0.786. The fraction of sp³-hybridized carbons (Fsp3) is 0.318. The van der Waals surface area contributed by atoms with Crippen molar-refractivity contribution in [1.82, 2.24) is 14.8 Å². The van der Waals surface area contributed by atoms with Gasteiger partial charge in [0, 0.05) is 25.5 Å². The number of carbonyl (C=O) groups is 2. The maximum atomic E-state index is 13.3. The van der Waals surface area contributed by atoms with E-state index in [-0.39, 0.29) is 18.4 Å². The molecule has 0 spiro atoms. The molecule has 2 aliphatic rings. The first-order valence-corrected chi connectivity index (χ1v) is 9.38. The summed E-state index contributed by atoms with van der Waals surface area (Å²) in [5.41, 5.74) is 5.04. The lowest BCUT2D eigenvalue weighted by Crippen LogP contribution is -2.34. The first kappa shape index (κ1) is 17.5. The largest absolute Gasteiger partial charge is 0.366 e. The molecule has 0 saturated carbocycles. The second kappa shape index (κ2) is 6.99. The van der Waals surface area contributed by atoms with Crippen LogP contribution in [0.5, 0.6) is 0 Å². The first-order chi connectivity index (χ1) is 13.1. The summed E-state index contributed by atoms with van der Waals surface area (Å²) in [6.45, 7) is 5.95. The van der Waals surface area contributed by atoms with Gasteiger partial charge in [0.05, 0.1) is 12.1 Å². The third-order valence-electron chi connectivity index (χ3n) is 5.31. The topological polar surface area (TPSA) is 53.5 Å². The highest BCUT2D eigenvalue weighted by Crippen LogP contribution is 2.35. The van der Waals surface area contributed by atoms with E-state index in [0.29, 0.717) is 11.3 Å². The van der Waals surface area contributed by atoms with Gasteiger partial charge in [-0.3, -0.25) is 19.5 Å². The number of likely N-dealkylation sites (tertiary alicyclic amines) is 1. The number of aromatic nitrogens is 1. The smallest absolute Gasteiger partial charge is 0.278 e. The molecule has 138 valence electrons. The zero-order chi connectivity index (χ0) is 19.0. The lowest BCUT2D eigenvalue weighted by Gasteiger charge is -2.20. The van der Waals surface area contributed by atoms with E-state index in [4.69, 9.17) is 0 Å². The Bertz CT molecular complexity index is 928. The van der Waals surface area contributed by atoms with Crippen molar-refractivity contribution in [1.29, 1.82) is 0 Å². The summed E-state index contributed by atoms with van der Waals surface area (Å²) in [4.78, 5) is 34.1. The van der Waals surface area contributed by atoms with Crippen LogP contribution in [0.4, 0.5) is 0 Å². The van der Waals surface area contributed by atoms with Gasteiger partial charge in [-0.2, -0.15) is 0 Å². The molecule has 27 heavy (non-hydrogen) atoms. The van der Waals surface area contributed by atoms with Crippen molar-refractivity contribution < 1.29 is 9.59 Å². The van der Waals surface area contributed by atoms with E-state index < -0.39 is 0 Å². The monoisotopic (exact) mass is 361 g/mol. The van der Waals surface area contributed by atoms with E-state index in [9.17, 15) is 9.59 Å². The van der Waals surface area contributed by atoms with Crippen LogP contribution in [0.1, 0.15) is 35.1 Å². The highest BCUT2D eigenvalue weighted by Gasteiger charge is 2.42. The third-order valence-corrected chi connectivity index (χ3v) is 5.31. The minimum absolute atomic E-state index is 0.186. The minimum Gasteiger partial charge on any atom is -0.366 e. The SMILES string of the molecule is Cc1ccc(C2=C(N3CCCC3)C(=O)N(Cc3ccncc3)C2=O)c(C)c1. The molecular formula is C22H23N3O2. The Morgan fingerprint density at radius 2 is 1.67 bits per heavy atom. The van der Waals surface area contributed by atoms with Crippen molar-refractivity contribution in [3.8, 4) is 0 Å². The average molecular weight is 361 g/mol. The Labute approximate surface area is 159 Å². The Kier molecular flexibility index (Phi) is 4.52. The number of carbonyl (C=O) groups excluding carboxylic acids is 2. The predicted octanol–water partition coefficient (Wildman–Crippen LogP) is 3.07. The molecule has 5 heteroatoms. The summed E-state index contributed by atoms with van der Waals surface area (Å²) >= 11 is 0. The molecule has 2 aromatic rings. The number of pyridine rings is 1. The number of benzene rings is 1. The fourth-order valence-electron chi connectivity index (χ4n) is 3.95. The summed E-state index contributed by atoms with van der Waals surface area (Å²) in [5.74, 6) is -0.389. The highest BCUT2D eigenvalue weighted by atomic mass is 16.2. The molecule has 1 aromatic carbocycles. The van der Waals surface area contributed by atoms with Gasteiger partial charge >= 0.3 is 0 Å². The van der Waals surface area contributed by atoms with Crippen LogP contribution in [0.2, 0.25) is 0 Å². The number of hydrogen-bond acceptors (Lipinski definition) is 4. The van der Waals surface area contributed by atoms with Crippen molar-refractivity contribution in [3.63, 3.8) is 0 Å².